The molecule has 0 aliphatic carbocycles. The van der Waals surface area contributed by atoms with Crippen LogP contribution in [0.15, 0.2) is 41.5 Å². The van der Waals surface area contributed by atoms with Crippen LogP contribution in [0.3, 0.4) is 0 Å². The van der Waals surface area contributed by atoms with Crippen LogP contribution in [0, 0.1) is 0 Å². The maximum atomic E-state index is 3.64. The van der Waals surface area contributed by atoms with E-state index < -0.39 is 0 Å². The molecule has 1 aromatic rings. The van der Waals surface area contributed by atoms with E-state index in [0.717, 1.165) is 26.1 Å². The fourth-order valence-corrected chi connectivity index (χ4v) is 2.77. The average Bonchev–Trinajstić information content (AvgIpc) is 2.80. The first-order chi connectivity index (χ1) is 7.93. The molecule has 0 bridgehead atoms. The van der Waals surface area contributed by atoms with E-state index in [4.69, 9.17) is 0 Å². The molecule has 0 fully saturated rings. The van der Waals surface area contributed by atoms with Crippen molar-refractivity contribution >= 4 is 0 Å². The zero-order chi connectivity index (χ0) is 10.8. The highest BCUT2D eigenvalue weighted by Gasteiger charge is 2.25. The van der Waals surface area contributed by atoms with Gasteiger partial charge in [0, 0.05) is 19.1 Å². The fourth-order valence-electron chi connectivity index (χ4n) is 2.77. The highest BCUT2D eigenvalue weighted by molar-refractivity contribution is 5.32. The van der Waals surface area contributed by atoms with Crippen molar-refractivity contribution in [3.05, 3.63) is 47.0 Å². The lowest BCUT2D eigenvalue weighted by molar-refractivity contribution is 0.535. The van der Waals surface area contributed by atoms with E-state index in [2.05, 4.69) is 41.0 Å². The van der Waals surface area contributed by atoms with Crippen molar-refractivity contribution in [2.75, 3.05) is 19.6 Å². The maximum absolute atomic E-state index is 3.64. The van der Waals surface area contributed by atoms with Crippen LogP contribution in [0.4, 0.5) is 0 Å². The van der Waals surface area contributed by atoms with Gasteiger partial charge in [-0.05, 0) is 30.5 Å². The van der Waals surface area contributed by atoms with Gasteiger partial charge >= 0.3 is 0 Å². The van der Waals surface area contributed by atoms with Crippen molar-refractivity contribution < 1.29 is 0 Å². The van der Waals surface area contributed by atoms with Crippen LogP contribution in [0.1, 0.15) is 12.0 Å². The molecule has 3 rings (SSSR count). The van der Waals surface area contributed by atoms with Crippen LogP contribution in [0.25, 0.3) is 0 Å². The largest absolute Gasteiger partial charge is 0.310 e. The van der Waals surface area contributed by atoms with Crippen molar-refractivity contribution in [1.82, 2.24) is 10.6 Å². The normalized spacial score (nSPS) is 24.6. The van der Waals surface area contributed by atoms with Crippen LogP contribution in [0.5, 0.6) is 0 Å². The third-order valence-corrected chi connectivity index (χ3v) is 3.63. The minimum Gasteiger partial charge on any atom is -0.310 e. The molecule has 1 atom stereocenters. The Labute approximate surface area is 96.7 Å². The molecule has 16 heavy (non-hydrogen) atoms. The molecule has 2 nitrogen and oxygen atoms in total. The van der Waals surface area contributed by atoms with E-state index in [-0.39, 0.29) is 0 Å². The number of hydrogen-bond donors (Lipinski definition) is 2. The molecular weight excluding hydrogens is 196 g/mol. The molecule has 2 aliphatic heterocycles. The predicted molar refractivity (Wildman–Crippen MR) is 66.4 cm³/mol. The quantitative estimate of drug-likeness (QED) is 0.729. The Balaban J connectivity index is 1.78. The molecule has 1 unspecified atom stereocenters. The molecule has 2 aliphatic rings. The summed E-state index contributed by atoms with van der Waals surface area (Å²) in [6.45, 7) is 3.33. The highest BCUT2D eigenvalue weighted by Crippen LogP contribution is 2.22. The summed E-state index contributed by atoms with van der Waals surface area (Å²) >= 11 is 0. The van der Waals surface area contributed by atoms with Gasteiger partial charge in [-0.15, -0.1) is 0 Å². The Hall–Kier alpha value is -1.12. The predicted octanol–water partition coefficient (Wildman–Crippen LogP) is 1.49. The summed E-state index contributed by atoms with van der Waals surface area (Å²) in [4.78, 5) is 0. The first kappa shape index (κ1) is 10.1. The van der Waals surface area contributed by atoms with Gasteiger partial charge in [0.2, 0.25) is 0 Å². The molecule has 0 aromatic heterocycles. The van der Waals surface area contributed by atoms with Gasteiger partial charge in [0.05, 0.1) is 0 Å². The van der Waals surface area contributed by atoms with Gasteiger partial charge in [-0.25, -0.2) is 0 Å². The Bertz CT molecular complexity index is 394. The van der Waals surface area contributed by atoms with Gasteiger partial charge in [0.1, 0.15) is 0 Å². The van der Waals surface area contributed by atoms with E-state index in [1.165, 1.54) is 12.0 Å². The lowest BCUT2D eigenvalue weighted by Gasteiger charge is -2.26. The Kier molecular flexibility index (Phi) is 2.77. The molecule has 0 saturated heterocycles. The van der Waals surface area contributed by atoms with Crippen LogP contribution >= 0.6 is 0 Å². The van der Waals surface area contributed by atoms with Crippen LogP contribution in [-0.2, 0) is 6.42 Å². The van der Waals surface area contributed by atoms with Gasteiger partial charge in [-0.2, -0.15) is 0 Å². The Morgan fingerprint density at radius 3 is 2.88 bits per heavy atom. The molecule has 0 spiro atoms. The smallest absolute Gasteiger partial charge is 0.0335 e. The lowest BCUT2D eigenvalue weighted by Crippen LogP contribution is -2.38. The molecule has 2 N–H and O–H groups in total. The minimum absolute atomic E-state index is 0.557. The zero-order valence-electron chi connectivity index (χ0n) is 9.50. The van der Waals surface area contributed by atoms with E-state index in [9.17, 15) is 0 Å². The molecule has 2 heteroatoms. The summed E-state index contributed by atoms with van der Waals surface area (Å²) in [5, 5.41) is 7.11. The number of hydrogen-bond acceptors (Lipinski definition) is 2. The van der Waals surface area contributed by atoms with Gasteiger partial charge < -0.3 is 10.6 Å². The first-order valence-corrected chi connectivity index (χ1v) is 6.12. The van der Waals surface area contributed by atoms with Crippen molar-refractivity contribution in [2.24, 2.45) is 0 Å². The second-order valence-electron chi connectivity index (χ2n) is 4.68. The van der Waals surface area contributed by atoms with Crippen LogP contribution < -0.4 is 10.6 Å². The average molecular weight is 214 g/mol. The highest BCUT2D eigenvalue weighted by atomic mass is 15.0. The minimum atomic E-state index is 0.557. The third kappa shape index (κ3) is 1.91. The third-order valence-electron chi connectivity index (χ3n) is 3.63. The molecule has 0 amide bonds. The van der Waals surface area contributed by atoms with Gasteiger partial charge in [0.25, 0.3) is 0 Å². The van der Waals surface area contributed by atoms with Crippen molar-refractivity contribution in [2.45, 2.75) is 18.9 Å². The number of benzene rings is 1. The molecule has 84 valence electrons. The van der Waals surface area contributed by atoms with Crippen LogP contribution in [-0.4, -0.2) is 25.7 Å². The fraction of sp³-hybridized carbons (Fsp3) is 0.429. The van der Waals surface area contributed by atoms with Crippen LogP contribution in [0.2, 0.25) is 0 Å². The van der Waals surface area contributed by atoms with Crippen molar-refractivity contribution in [3.8, 4) is 0 Å². The summed E-state index contributed by atoms with van der Waals surface area (Å²) in [6, 6.07) is 11.3. The summed E-state index contributed by atoms with van der Waals surface area (Å²) in [5.41, 5.74) is 4.70. The monoisotopic (exact) mass is 214 g/mol. The summed E-state index contributed by atoms with van der Waals surface area (Å²) in [6.07, 6.45) is 2.36. The van der Waals surface area contributed by atoms with E-state index in [1.807, 2.05) is 0 Å². The van der Waals surface area contributed by atoms with E-state index in [0.29, 0.717) is 6.04 Å². The van der Waals surface area contributed by atoms with E-state index in [1.54, 1.807) is 11.1 Å². The SMILES string of the molecule is c1ccc(CC2NCCC3=C2CNC3)cc1. The maximum Gasteiger partial charge on any atom is 0.0335 e. The molecule has 0 radical (unpaired) electrons. The molecule has 0 saturated carbocycles. The molecule has 1 aromatic carbocycles. The summed E-state index contributed by atoms with van der Waals surface area (Å²) in [7, 11) is 0. The van der Waals surface area contributed by atoms with E-state index >= 15 is 0 Å². The molecular formula is C14H18N2. The van der Waals surface area contributed by atoms with Gasteiger partial charge in [-0.3, -0.25) is 0 Å². The Morgan fingerprint density at radius 1 is 1.12 bits per heavy atom. The van der Waals surface area contributed by atoms with Crippen molar-refractivity contribution in [1.29, 1.82) is 0 Å². The van der Waals surface area contributed by atoms with Gasteiger partial charge in [0.15, 0.2) is 0 Å². The number of rotatable bonds is 2. The van der Waals surface area contributed by atoms with Crippen molar-refractivity contribution in [3.63, 3.8) is 0 Å². The second kappa shape index (κ2) is 4.40. The Morgan fingerprint density at radius 2 is 2.00 bits per heavy atom. The summed E-state index contributed by atoms with van der Waals surface area (Å²) < 4.78 is 0. The van der Waals surface area contributed by atoms with Gasteiger partial charge in [-0.1, -0.05) is 35.9 Å². The topological polar surface area (TPSA) is 24.1 Å². The zero-order valence-corrected chi connectivity index (χ0v) is 9.50. The molecule has 2 heterocycles. The lowest BCUT2D eigenvalue weighted by atomic mass is 9.92. The summed E-state index contributed by atoms with van der Waals surface area (Å²) in [5.74, 6) is 0. The first-order valence-electron chi connectivity index (χ1n) is 6.12. The standard InChI is InChI=1S/C14H18N2/c1-2-4-11(5-3-1)8-14-13-10-15-9-12(13)6-7-16-14/h1-5,14-16H,6-10H2. The number of nitrogens with one attached hydrogen (secondary N) is 2. The second-order valence-corrected chi connectivity index (χ2v) is 4.68.